The van der Waals surface area contributed by atoms with E-state index in [9.17, 15) is 9.18 Å². The summed E-state index contributed by atoms with van der Waals surface area (Å²) in [6.45, 7) is 2.55. The lowest BCUT2D eigenvalue weighted by molar-refractivity contribution is -0.117. The molecule has 0 heterocycles. The molecule has 1 N–H and O–H groups in total. The number of ether oxygens (including phenoxy) is 1. The molecule has 0 spiro atoms. The fourth-order valence-electron chi connectivity index (χ4n) is 2.60. The van der Waals surface area contributed by atoms with Crippen LogP contribution in [0.5, 0.6) is 5.75 Å². The second-order valence-corrected chi connectivity index (χ2v) is 5.45. The van der Waals surface area contributed by atoms with Crippen LogP contribution >= 0.6 is 0 Å². The fraction of sp³-hybridized carbons (Fsp3) is 0.278. The molecular formula is C18H18FNO2. The Bertz CT molecular complexity index is 652. The molecule has 114 valence electrons. The Morgan fingerprint density at radius 1 is 1.18 bits per heavy atom. The number of benzene rings is 2. The van der Waals surface area contributed by atoms with Gasteiger partial charge in [0.25, 0.3) is 0 Å². The van der Waals surface area contributed by atoms with Crippen LogP contribution in [0.2, 0.25) is 0 Å². The Balaban J connectivity index is 1.58. The summed E-state index contributed by atoms with van der Waals surface area (Å²) in [4.78, 5) is 12.2. The van der Waals surface area contributed by atoms with Crippen molar-refractivity contribution in [3.05, 3.63) is 59.9 Å². The molecular weight excluding hydrogens is 281 g/mol. The molecule has 1 saturated carbocycles. The van der Waals surface area contributed by atoms with E-state index in [0.29, 0.717) is 6.61 Å². The molecule has 2 unspecified atom stereocenters. The molecule has 1 aliphatic carbocycles. The normalized spacial score (nSPS) is 19.5. The van der Waals surface area contributed by atoms with Crippen molar-refractivity contribution < 1.29 is 13.9 Å². The quantitative estimate of drug-likeness (QED) is 0.907. The highest BCUT2D eigenvalue weighted by Crippen LogP contribution is 2.48. The van der Waals surface area contributed by atoms with Crippen LogP contribution in [0, 0.1) is 11.7 Å². The van der Waals surface area contributed by atoms with Gasteiger partial charge in [-0.15, -0.1) is 0 Å². The van der Waals surface area contributed by atoms with Crippen LogP contribution in [0.3, 0.4) is 0 Å². The SMILES string of the molecule is CCOc1ccc(NC(=O)C2CC2c2ccc(F)cc2)cc1. The average molecular weight is 299 g/mol. The third-order valence-corrected chi connectivity index (χ3v) is 3.86. The first-order valence-corrected chi connectivity index (χ1v) is 7.46. The van der Waals surface area contributed by atoms with Gasteiger partial charge in [0.2, 0.25) is 5.91 Å². The summed E-state index contributed by atoms with van der Waals surface area (Å²) in [6, 6.07) is 13.7. The van der Waals surface area contributed by atoms with E-state index in [0.717, 1.165) is 23.4 Å². The minimum Gasteiger partial charge on any atom is -0.494 e. The Morgan fingerprint density at radius 2 is 1.86 bits per heavy atom. The highest BCUT2D eigenvalue weighted by Gasteiger charge is 2.43. The summed E-state index contributed by atoms with van der Waals surface area (Å²) in [5.41, 5.74) is 1.78. The lowest BCUT2D eigenvalue weighted by Gasteiger charge is -2.07. The number of rotatable bonds is 5. The summed E-state index contributed by atoms with van der Waals surface area (Å²) in [5.74, 6) is 0.717. The van der Waals surface area contributed by atoms with Gasteiger partial charge in [0, 0.05) is 11.6 Å². The minimum atomic E-state index is -0.250. The number of halogens is 1. The van der Waals surface area contributed by atoms with Crippen molar-refractivity contribution in [1.29, 1.82) is 0 Å². The Hall–Kier alpha value is -2.36. The number of amides is 1. The van der Waals surface area contributed by atoms with Crippen molar-refractivity contribution in [2.24, 2.45) is 5.92 Å². The molecule has 1 amide bonds. The van der Waals surface area contributed by atoms with E-state index in [1.807, 2.05) is 31.2 Å². The Morgan fingerprint density at radius 3 is 2.50 bits per heavy atom. The van der Waals surface area contributed by atoms with Gasteiger partial charge in [-0.1, -0.05) is 12.1 Å². The van der Waals surface area contributed by atoms with Crippen LogP contribution in [-0.4, -0.2) is 12.5 Å². The summed E-state index contributed by atoms with van der Waals surface area (Å²) in [6.07, 6.45) is 0.814. The molecule has 0 bridgehead atoms. The number of anilines is 1. The van der Waals surface area contributed by atoms with Crippen molar-refractivity contribution in [3.63, 3.8) is 0 Å². The zero-order valence-corrected chi connectivity index (χ0v) is 12.4. The van der Waals surface area contributed by atoms with Gasteiger partial charge in [0.05, 0.1) is 6.61 Å². The number of carbonyl (C=O) groups excluding carboxylic acids is 1. The lowest BCUT2D eigenvalue weighted by atomic mass is 10.1. The topological polar surface area (TPSA) is 38.3 Å². The Labute approximate surface area is 129 Å². The van der Waals surface area contributed by atoms with E-state index >= 15 is 0 Å². The maximum absolute atomic E-state index is 12.9. The van der Waals surface area contributed by atoms with Crippen LogP contribution in [0.25, 0.3) is 0 Å². The number of nitrogens with one attached hydrogen (secondary N) is 1. The molecule has 0 aliphatic heterocycles. The van der Waals surface area contributed by atoms with Crippen molar-refractivity contribution >= 4 is 11.6 Å². The van der Waals surface area contributed by atoms with Crippen molar-refractivity contribution in [3.8, 4) is 5.75 Å². The van der Waals surface area contributed by atoms with Gasteiger partial charge < -0.3 is 10.1 Å². The van der Waals surface area contributed by atoms with Crippen molar-refractivity contribution in [2.75, 3.05) is 11.9 Å². The largest absolute Gasteiger partial charge is 0.494 e. The highest BCUT2D eigenvalue weighted by molar-refractivity contribution is 5.95. The summed E-state index contributed by atoms with van der Waals surface area (Å²) in [7, 11) is 0. The minimum absolute atomic E-state index is 0.0125. The van der Waals surface area contributed by atoms with Crippen LogP contribution in [0.15, 0.2) is 48.5 Å². The third kappa shape index (κ3) is 3.27. The fourth-order valence-corrected chi connectivity index (χ4v) is 2.60. The molecule has 4 heteroatoms. The second-order valence-electron chi connectivity index (χ2n) is 5.45. The van der Waals surface area contributed by atoms with Gasteiger partial charge in [0.15, 0.2) is 0 Å². The monoisotopic (exact) mass is 299 g/mol. The molecule has 3 nitrogen and oxygen atoms in total. The Kier molecular flexibility index (Phi) is 4.09. The van der Waals surface area contributed by atoms with Crippen LogP contribution in [-0.2, 0) is 4.79 Å². The maximum atomic E-state index is 12.9. The van der Waals surface area contributed by atoms with E-state index in [1.54, 1.807) is 12.1 Å². The van der Waals surface area contributed by atoms with Gasteiger partial charge in [-0.3, -0.25) is 4.79 Å². The number of hydrogen-bond donors (Lipinski definition) is 1. The molecule has 22 heavy (non-hydrogen) atoms. The molecule has 0 radical (unpaired) electrons. The average Bonchev–Trinajstić information content (AvgIpc) is 3.31. The van der Waals surface area contributed by atoms with E-state index in [2.05, 4.69) is 5.32 Å². The smallest absolute Gasteiger partial charge is 0.228 e. The highest BCUT2D eigenvalue weighted by atomic mass is 19.1. The molecule has 1 aliphatic rings. The van der Waals surface area contributed by atoms with Crippen LogP contribution in [0.1, 0.15) is 24.8 Å². The van der Waals surface area contributed by atoms with Gasteiger partial charge >= 0.3 is 0 Å². The molecule has 3 rings (SSSR count). The standard InChI is InChI=1S/C18H18FNO2/c1-2-22-15-9-7-14(8-10-15)20-18(21)17-11-16(17)12-3-5-13(19)6-4-12/h3-10,16-17H,2,11H2,1H3,(H,20,21). The predicted molar refractivity (Wildman–Crippen MR) is 83.5 cm³/mol. The first-order chi connectivity index (χ1) is 10.7. The first kappa shape index (κ1) is 14.6. The van der Waals surface area contributed by atoms with Crippen molar-refractivity contribution in [2.45, 2.75) is 19.3 Å². The van der Waals surface area contributed by atoms with E-state index in [-0.39, 0.29) is 23.6 Å². The van der Waals surface area contributed by atoms with Crippen LogP contribution < -0.4 is 10.1 Å². The van der Waals surface area contributed by atoms with Gasteiger partial charge in [-0.2, -0.15) is 0 Å². The first-order valence-electron chi connectivity index (χ1n) is 7.46. The molecule has 2 aromatic carbocycles. The molecule has 2 aromatic rings. The third-order valence-electron chi connectivity index (χ3n) is 3.86. The zero-order chi connectivity index (χ0) is 15.5. The van der Waals surface area contributed by atoms with Crippen molar-refractivity contribution in [1.82, 2.24) is 0 Å². The van der Waals surface area contributed by atoms with Crippen LogP contribution in [0.4, 0.5) is 10.1 Å². The second kappa shape index (κ2) is 6.18. The molecule has 0 aromatic heterocycles. The van der Waals surface area contributed by atoms with E-state index < -0.39 is 0 Å². The zero-order valence-electron chi connectivity index (χ0n) is 12.4. The summed E-state index contributed by atoms with van der Waals surface area (Å²) in [5, 5.41) is 2.92. The summed E-state index contributed by atoms with van der Waals surface area (Å²) >= 11 is 0. The van der Waals surface area contributed by atoms with E-state index in [4.69, 9.17) is 4.74 Å². The lowest BCUT2D eigenvalue weighted by Crippen LogP contribution is -2.14. The van der Waals surface area contributed by atoms with Gasteiger partial charge in [-0.05, 0) is 61.2 Å². The number of hydrogen-bond acceptors (Lipinski definition) is 2. The van der Waals surface area contributed by atoms with Gasteiger partial charge in [-0.25, -0.2) is 4.39 Å². The number of carbonyl (C=O) groups is 1. The molecule has 0 saturated heterocycles. The van der Waals surface area contributed by atoms with Gasteiger partial charge in [0.1, 0.15) is 11.6 Å². The predicted octanol–water partition coefficient (Wildman–Crippen LogP) is 3.97. The maximum Gasteiger partial charge on any atom is 0.228 e. The molecule has 1 fully saturated rings. The summed E-state index contributed by atoms with van der Waals surface area (Å²) < 4.78 is 18.3. The molecule has 2 atom stereocenters. The van der Waals surface area contributed by atoms with E-state index in [1.165, 1.54) is 12.1 Å².